The van der Waals surface area contributed by atoms with Crippen LogP contribution in [0.1, 0.15) is 17.4 Å². The second kappa shape index (κ2) is 5.11. The van der Waals surface area contributed by atoms with Crippen LogP contribution < -0.4 is 0 Å². The van der Waals surface area contributed by atoms with Gasteiger partial charge in [-0.1, -0.05) is 29.1 Å². The third-order valence-corrected chi connectivity index (χ3v) is 2.60. The van der Waals surface area contributed by atoms with Crippen LogP contribution in [-0.4, -0.2) is 28.9 Å². The van der Waals surface area contributed by atoms with Gasteiger partial charge in [-0.3, -0.25) is 4.79 Å². The van der Waals surface area contributed by atoms with Crippen molar-refractivity contribution in [1.29, 1.82) is 0 Å². The van der Waals surface area contributed by atoms with Gasteiger partial charge in [0.15, 0.2) is 0 Å². The van der Waals surface area contributed by atoms with E-state index < -0.39 is 0 Å². The number of hydrogen-bond acceptors (Lipinski definition) is 1. The summed E-state index contributed by atoms with van der Waals surface area (Å²) in [5.74, 6) is 2.21. The fourth-order valence-electron chi connectivity index (χ4n) is 1.13. The molecule has 1 heterocycles. The first kappa shape index (κ1) is 12.0. The van der Waals surface area contributed by atoms with Crippen LogP contribution in [-0.2, 0) is 0 Å². The smallest absolute Gasteiger partial charge is 0.271 e. The lowest BCUT2D eigenvalue weighted by atomic mass is 10.3. The first-order chi connectivity index (χ1) is 7.10. The molecule has 0 aliphatic heterocycles. The van der Waals surface area contributed by atoms with Crippen molar-refractivity contribution in [3.05, 3.63) is 21.9 Å². The van der Waals surface area contributed by atoms with Crippen LogP contribution in [0, 0.1) is 12.3 Å². The summed E-state index contributed by atoms with van der Waals surface area (Å²) in [7, 11) is 0. The van der Waals surface area contributed by atoms with Crippen LogP contribution in [0.3, 0.4) is 0 Å². The molecule has 1 rings (SSSR count). The van der Waals surface area contributed by atoms with Crippen molar-refractivity contribution in [2.45, 2.75) is 6.92 Å². The van der Waals surface area contributed by atoms with Gasteiger partial charge in [0.25, 0.3) is 5.91 Å². The lowest BCUT2D eigenvalue weighted by molar-refractivity contribution is 0.0780. The maximum atomic E-state index is 11.8. The van der Waals surface area contributed by atoms with E-state index in [4.69, 9.17) is 29.6 Å². The molecular formula is C10H10Cl2N2O. The van der Waals surface area contributed by atoms with Crippen molar-refractivity contribution in [3.63, 3.8) is 0 Å². The average Bonchev–Trinajstić information content (AvgIpc) is 2.55. The molecule has 0 bridgehead atoms. The van der Waals surface area contributed by atoms with Crippen molar-refractivity contribution >= 4 is 29.1 Å². The highest BCUT2D eigenvalue weighted by molar-refractivity contribution is 6.41. The molecule has 1 aromatic heterocycles. The number of carbonyl (C=O) groups is 1. The molecule has 0 aromatic carbocycles. The normalized spacial score (nSPS) is 9.73. The van der Waals surface area contributed by atoms with Gasteiger partial charge in [0, 0.05) is 6.54 Å². The first-order valence-electron chi connectivity index (χ1n) is 4.36. The number of amides is 1. The van der Waals surface area contributed by atoms with Crippen LogP contribution >= 0.6 is 23.2 Å². The van der Waals surface area contributed by atoms with E-state index in [0.29, 0.717) is 17.3 Å². The topological polar surface area (TPSA) is 36.1 Å². The van der Waals surface area contributed by atoms with Gasteiger partial charge >= 0.3 is 0 Å². The summed E-state index contributed by atoms with van der Waals surface area (Å²) < 4.78 is 0. The van der Waals surface area contributed by atoms with Crippen molar-refractivity contribution in [3.8, 4) is 12.3 Å². The number of carbonyl (C=O) groups excluding carboxylic acids is 1. The summed E-state index contributed by atoms with van der Waals surface area (Å²) in [6, 6.07) is 1.49. The van der Waals surface area contributed by atoms with Crippen LogP contribution in [0.2, 0.25) is 10.2 Å². The summed E-state index contributed by atoms with van der Waals surface area (Å²) in [6.45, 7) is 2.66. The zero-order valence-electron chi connectivity index (χ0n) is 8.18. The van der Waals surface area contributed by atoms with E-state index in [-0.39, 0.29) is 17.6 Å². The van der Waals surface area contributed by atoms with Crippen molar-refractivity contribution in [2.24, 2.45) is 0 Å². The molecule has 5 heteroatoms. The SMILES string of the molecule is C#CCN(CC)C(=O)c1cc(Cl)c(Cl)[nH]1. The molecule has 80 valence electrons. The predicted molar refractivity (Wildman–Crippen MR) is 61.2 cm³/mol. The Balaban J connectivity index is 2.88. The third kappa shape index (κ3) is 2.68. The molecule has 0 aliphatic rings. The summed E-state index contributed by atoms with van der Waals surface area (Å²) in [4.78, 5) is 16.0. The molecular weight excluding hydrogens is 235 g/mol. The van der Waals surface area contributed by atoms with E-state index in [0.717, 1.165) is 0 Å². The van der Waals surface area contributed by atoms with Crippen LogP contribution in [0.25, 0.3) is 0 Å². The fraction of sp³-hybridized carbons (Fsp3) is 0.300. The van der Waals surface area contributed by atoms with Crippen molar-refractivity contribution in [1.82, 2.24) is 9.88 Å². The zero-order chi connectivity index (χ0) is 11.4. The Morgan fingerprint density at radius 1 is 1.67 bits per heavy atom. The Hall–Kier alpha value is -1.11. The fourth-order valence-corrected chi connectivity index (χ4v) is 1.44. The van der Waals surface area contributed by atoms with E-state index in [1.54, 1.807) is 0 Å². The number of aromatic amines is 1. The first-order valence-corrected chi connectivity index (χ1v) is 5.12. The van der Waals surface area contributed by atoms with Gasteiger partial charge in [0.1, 0.15) is 10.8 Å². The number of rotatable bonds is 3. The Bertz CT molecular complexity index is 387. The number of aromatic nitrogens is 1. The van der Waals surface area contributed by atoms with Gasteiger partial charge in [-0.15, -0.1) is 6.42 Å². The maximum absolute atomic E-state index is 11.8. The molecule has 1 aromatic rings. The van der Waals surface area contributed by atoms with Gasteiger partial charge < -0.3 is 9.88 Å². The standard InChI is InChI=1S/C10H10Cl2N2O/c1-3-5-14(4-2)10(15)8-6-7(11)9(12)13-8/h1,6,13H,4-5H2,2H3. The molecule has 0 aliphatic carbocycles. The van der Waals surface area contributed by atoms with Crippen LogP contribution in [0.5, 0.6) is 0 Å². The molecule has 0 saturated heterocycles. The van der Waals surface area contributed by atoms with Crippen molar-refractivity contribution in [2.75, 3.05) is 13.1 Å². The van der Waals surface area contributed by atoms with E-state index in [9.17, 15) is 4.79 Å². The van der Waals surface area contributed by atoms with E-state index >= 15 is 0 Å². The molecule has 3 nitrogen and oxygen atoms in total. The Labute approximate surface area is 98.4 Å². The summed E-state index contributed by atoms with van der Waals surface area (Å²) >= 11 is 11.4. The monoisotopic (exact) mass is 244 g/mol. The highest BCUT2D eigenvalue weighted by atomic mass is 35.5. The van der Waals surface area contributed by atoms with Crippen molar-refractivity contribution < 1.29 is 4.79 Å². The minimum atomic E-state index is -0.204. The molecule has 1 N–H and O–H groups in total. The van der Waals surface area contributed by atoms with Gasteiger partial charge in [0.05, 0.1) is 11.6 Å². The van der Waals surface area contributed by atoms with Gasteiger partial charge in [-0.05, 0) is 13.0 Å². The lowest BCUT2D eigenvalue weighted by Crippen LogP contribution is -2.31. The lowest BCUT2D eigenvalue weighted by Gasteiger charge is -2.16. The van der Waals surface area contributed by atoms with Gasteiger partial charge in [-0.25, -0.2) is 0 Å². The van der Waals surface area contributed by atoms with E-state index in [1.165, 1.54) is 11.0 Å². The van der Waals surface area contributed by atoms with Gasteiger partial charge in [0.2, 0.25) is 0 Å². The number of halogens is 2. The summed E-state index contributed by atoms with van der Waals surface area (Å²) in [6.07, 6.45) is 5.15. The van der Waals surface area contributed by atoms with E-state index in [2.05, 4.69) is 10.9 Å². The molecule has 0 fully saturated rings. The number of nitrogens with zero attached hydrogens (tertiary/aromatic N) is 1. The quantitative estimate of drug-likeness (QED) is 0.815. The minimum Gasteiger partial charge on any atom is -0.340 e. The number of H-pyrrole nitrogens is 1. The average molecular weight is 245 g/mol. The third-order valence-electron chi connectivity index (χ3n) is 1.91. The van der Waals surface area contributed by atoms with Crippen LogP contribution in [0.15, 0.2) is 6.07 Å². The maximum Gasteiger partial charge on any atom is 0.271 e. The molecule has 0 unspecified atom stereocenters. The van der Waals surface area contributed by atoms with E-state index in [1.807, 2.05) is 6.92 Å². The van der Waals surface area contributed by atoms with Gasteiger partial charge in [-0.2, -0.15) is 0 Å². The highest BCUT2D eigenvalue weighted by Gasteiger charge is 2.16. The minimum absolute atomic E-state index is 0.204. The Morgan fingerprint density at radius 3 is 2.73 bits per heavy atom. The number of nitrogens with one attached hydrogen (secondary N) is 1. The second-order valence-corrected chi connectivity index (χ2v) is 3.65. The second-order valence-electron chi connectivity index (χ2n) is 2.87. The Morgan fingerprint density at radius 2 is 2.33 bits per heavy atom. The highest BCUT2D eigenvalue weighted by Crippen LogP contribution is 2.22. The number of terminal acetylenes is 1. The molecule has 0 saturated carbocycles. The summed E-state index contributed by atoms with van der Waals surface area (Å²) in [5, 5.41) is 0.591. The predicted octanol–water partition coefficient (Wildman–Crippen LogP) is 2.42. The number of hydrogen-bond donors (Lipinski definition) is 1. The summed E-state index contributed by atoms with van der Waals surface area (Å²) in [5.41, 5.74) is 0.349. The molecule has 1 amide bonds. The molecule has 0 radical (unpaired) electrons. The molecule has 15 heavy (non-hydrogen) atoms. The molecule has 0 spiro atoms. The molecule has 0 atom stereocenters. The van der Waals surface area contributed by atoms with Crippen LogP contribution in [0.4, 0.5) is 0 Å². The Kier molecular flexibility index (Phi) is 4.07. The largest absolute Gasteiger partial charge is 0.340 e. The zero-order valence-corrected chi connectivity index (χ0v) is 9.69.